The molecule has 0 aromatic heterocycles. The largest absolute Gasteiger partial charge is 0.495 e. The number of fused-ring (bicyclic) bond motifs is 2. The van der Waals surface area contributed by atoms with Gasteiger partial charge in [0.2, 0.25) is 5.91 Å². The Kier molecular flexibility index (Phi) is 8.22. The molecule has 4 aromatic rings. The molecule has 1 aliphatic rings. The lowest BCUT2D eigenvalue weighted by Gasteiger charge is -2.33. The third-order valence-corrected chi connectivity index (χ3v) is 8.70. The molecular formula is C30H27N3O2S3. The standard InChI is InChI=1S/C30H27N3O2S3/c1-3-26(29(34)33-23-14-5-8-17-27(23)38-28-18-9-6-15-24(28)33)37-21-12-10-11-20(19-21)31-30(36)32-22-13-4-7-16-25(22)35-2/h4-19,26H,3H2,1-2H3,(H2,31,32,36). The maximum Gasteiger partial charge on any atom is 0.245 e. The molecule has 38 heavy (non-hydrogen) atoms. The first-order chi connectivity index (χ1) is 18.6. The van der Waals surface area contributed by atoms with Crippen molar-refractivity contribution in [1.82, 2.24) is 0 Å². The van der Waals surface area contributed by atoms with Gasteiger partial charge in [-0.25, -0.2) is 0 Å². The average molecular weight is 558 g/mol. The molecule has 0 saturated carbocycles. The number of methoxy groups -OCH3 is 1. The predicted octanol–water partition coefficient (Wildman–Crippen LogP) is 8.20. The first-order valence-electron chi connectivity index (χ1n) is 12.2. The fourth-order valence-electron chi connectivity index (χ4n) is 4.24. The number of amides is 1. The lowest BCUT2D eigenvalue weighted by Crippen LogP contribution is -2.35. The Bertz CT molecular complexity index is 1430. The molecule has 1 unspecified atom stereocenters. The summed E-state index contributed by atoms with van der Waals surface area (Å²) in [4.78, 5) is 19.1. The SMILES string of the molecule is CCC(Sc1cccc(NC(=S)Nc2ccccc2OC)c1)C(=O)N1c2ccccc2Sc2ccccc21. The molecule has 0 saturated heterocycles. The average Bonchev–Trinajstić information content (AvgIpc) is 2.94. The number of ether oxygens (including phenoxy) is 1. The van der Waals surface area contributed by atoms with Crippen molar-refractivity contribution < 1.29 is 9.53 Å². The number of benzene rings is 4. The molecule has 4 aromatic carbocycles. The third-order valence-electron chi connectivity index (χ3n) is 6.02. The highest BCUT2D eigenvalue weighted by atomic mass is 32.2. The van der Waals surface area contributed by atoms with Crippen LogP contribution in [0.25, 0.3) is 0 Å². The quantitative estimate of drug-likeness (QED) is 0.175. The van der Waals surface area contributed by atoms with Crippen molar-refractivity contribution >= 4 is 69.5 Å². The maximum absolute atomic E-state index is 14.0. The number of carbonyl (C=O) groups excluding carboxylic acids is 1. The normalized spacial score (nSPS) is 12.6. The molecule has 5 rings (SSSR count). The van der Waals surface area contributed by atoms with Gasteiger partial charge >= 0.3 is 0 Å². The highest BCUT2D eigenvalue weighted by Crippen LogP contribution is 2.48. The van der Waals surface area contributed by atoms with Crippen molar-refractivity contribution in [3.63, 3.8) is 0 Å². The smallest absolute Gasteiger partial charge is 0.245 e. The van der Waals surface area contributed by atoms with Crippen LogP contribution in [0.3, 0.4) is 0 Å². The van der Waals surface area contributed by atoms with Crippen molar-refractivity contribution in [2.45, 2.75) is 33.3 Å². The molecule has 8 heteroatoms. The van der Waals surface area contributed by atoms with Gasteiger partial charge in [-0.1, -0.05) is 61.2 Å². The number of thiocarbonyl (C=S) groups is 1. The highest BCUT2D eigenvalue weighted by molar-refractivity contribution is 8.00. The lowest BCUT2D eigenvalue weighted by atomic mass is 10.2. The van der Waals surface area contributed by atoms with Crippen LogP contribution in [0.15, 0.2) is 112 Å². The molecule has 0 radical (unpaired) electrons. The van der Waals surface area contributed by atoms with Crippen LogP contribution in [0.4, 0.5) is 22.7 Å². The van der Waals surface area contributed by atoms with E-state index in [0.717, 1.165) is 37.4 Å². The van der Waals surface area contributed by atoms with Gasteiger partial charge in [0, 0.05) is 20.4 Å². The van der Waals surface area contributed by atoms with Crippen LogP contribution >= 0.6 is 35.7 Å². The fraction of sp³-hybridized carbons (Fsp3) is 0.133. The minimum absolute atomic E-state index is 0.0735. The number of para-hydroxylation sites is 4. The van der Waals surface area contributed by atoms with E-state index in [4.69, 9.17) is 17.0 Å². The second-order valence-corrected chi connectivity index (χ2v) is 11.3. The Morgan fingerprint density at radius 1 is 0.921 bits per heavy atom. The number of nitrogens with zero attached hydrogens (tertiary/aromatic N) is 1. The molecular weight excluding hydrogens is 531 g/mol. The molecule has 5 nitrogen and oxygen atoms in total. The van der Waals surface area contributed by atoms with E-state index < -0.39 is 0 Å². The van der Waals surface area contributed by atoms with Crippen molar-refractivity contribution in [2.24, 2.45) is 0 Å². The minimum Gasteiger partial charge on any atom is -0.495 e. The Labute approximate surface area is 237 Å². The number of thioether (sulfide) groups is 1. The van der Waals surface area contributed by atoms with E-state index in [9.17, 15) is 4.79 Å². The first-order valence-corrected chi connectivity index (χ1v) is 14.4. The summed E-state index contributed by atoms with van der Waals surface area (Å²) in [6.07, 6.45) is 0.697. The van der Waals surface area contributed by atoms with E-state index in [2.05, 4.69) is 29.7 Å². The summed E-state index contributed by atoms with van der Waals surface area (Å²) in [5, 5.41) is 6.63. The van der Waals surface area contributed by atoms with Crippen molar-refractivity contribution in [1.29, 1.82) is 0 Å². The Balaban J connectivity index is 1.33. The third kappa shape index (κ3) is 5.67. The number of anilines is 4. The lowest BCUT2D eigenvalue weighted by molar-refractivity contribution is -0.117. The predicted molar refractivity (Wildman–Crippen MR) is 163 cm³/mol. The number of carbonyl (C=O) groups is 1. The van der Waals surface area contributed by atoms with Crippen LogP contribution in [0.2, 0.25) is 0 Å². The van der Waals surface area contributed by atoms with E-state index in [1.54, 1.807) is 30.6 Å². The molecule has 192 valence electrons. The molecule has 0 bridgehead atoms. The van der Waals surface area contributed by atoms with Crippen LogP contribution in [-0.2, 0) is 4.79 Å². The van der Waals surface area contributed by atoms with Gasteiger partial charge in [-0.15, -0.1) is 11.8 Å². The summed E-state index contributed by atoms with van der Waals surface area (Å²) in [7, 11) is 1.63. The van der Waals surface area contributed by atoms with Gasteiger partial charge in [-0.2, -0.15) is 0 Å². The van der Waals surface area contributed by atoms with Gasteiger partial charge in [-0.05, 0) is 73.2 Å². The second kappa shape index (κ2) is 11.9. The second-order valence-electron chi connectivity index (χ2n) is 8.53. The monoisotopic (exact) mass is 557 g/mol. The molecule has 0 spiro atoms. The first kappa shape index (κ1) is 26.2. The number of nitrogens with one attached hydrogen (secondary N) is 2. The molecule has 2 N–H and O–H groups in total. The van der Waals surface area contributed by atoms with Gasteiger partial charge in [0.25, 0.3) is 0 Å². The van der Waals surface area contributed by atoms with Crippen LogP contribution in [0.5, 0.6) is 5.75 Å². The van der Waals surface area contributed by atoms with Crippen molar-refractivity contribution in [2.75, 3.05) is 22.6 Å². The summed E-state index contributed by atoms with van der Waals surface area (Å²) in [6.45, 7) is 2.06. The fourth-order valence-corrected chi connectivity index (χ4v) is 6.58. The number of hydrogen-bond donors (Lipinski definition) is 2. The van der Waals surface area contributed by atoms with E-state index in [1.807, 2.05) is 89.8 Å². The zero-order valence-electron chi connectivity index (χ0n) is 21.0. The van der Waals surface area contributed by atoms with Gasteiger partial charge in [0.15, 0.2) is 5.11 Å². The topological polar surface area (TPSA) is 53.6 Å². The maximum atomic E-state index is 14.0. The van der Waals surface area contributed by atoms with Crippen molar-refractivity contribution in [3.05, 3.63) is 97.1 Å². The van der Waals surface area contributed by atoms with Crippen LogP contribution in [0.1, 0.15) is 13.3 Å². The summed E-state index contributed by atoms with van der Waals surface area (Å²) in [5.74, 6) is 0.786. The van der Waals surface area contributed by atoms with E-state index in [-0.39, 0.29) is 11.2 Å². The Hall–Kier alpha value is -3.46. The van der Waals surface area contributed by atoms with E-state index in [1.165, 1.54) is 0 Å². The summed E-state index contributed by atoms with van der Waals surface area (Å²) in [6, 6.07) is 31.8. The van der Waals surface area contributed by atoms with E-state index >= 15 is 0 Å². The van der Waals surface area contributed by atoms with Crippen LogP contribution in [0, 0.1) is 0 Å². The molecule has 0 fully saturated rings. The van der Waals surface area contributed by atoms with Gasteiger partial charge in [0.1, 0.15) is 5.75 Å². The minimum atomic E-state index is -0.256. The molecule has 1 atom stereocenters. The van der Waals surface area contributed by atoms with Gasteiger partial charge < -0.3 is 15.4 Å². The Morgan fingerprint density at radius 2 is 1.58 bits per heavy atom. The number of hydrogen-bond acceptors (Lipinski definition) is 5. The van der Waals surface area contributed by atoms with Gasteiger partial charge in [-0.3, -0.25) is 9.69 Å². The zero-order chi connectivity index (χ0) is 26.5. The van der Waals surface area contributed by atoms with Crippen LogP contribution < -0.4 is 20.3 Å². The molecule has 1 aliphatic heterocycles. The molecule has 0 aliphatic carbocycles. The summed E-state index contributed by atoms with van der Waals surface area (Å²) in [5.41, 5.74) is 3.50. The van der Waals surface area contributed by atoms with Crippen molar-refractivity contribution in [3.8, 4) is 5.75 Å². The Morgan fingerprint density at radius 3 is 2.26 bits per heavy atom. The highest BCUT2D eigenvalue weighted by Gasteiger charge is 2.32. The zero-order valence-corrected chi connectivity index (χ0v) is 23.5. The van der Waals surface area contributed by atoms with E-state index in [0.29, 0.717) is 17.3 Å². The van der Waals surface area contributed by atoms with Crippen LogP contribution in [-0.4, -0.2) is 23.4 Å². The number of rotatable bonds is 7. The summed E-state index contributed by atoms with van der Waals surface area (Å²) < 4.78 is 5.40. The molecule has 1 heterocycles. The van der Waals surface area contributed by atoms with Gasteiger partial charge in [0.05, 0.1) is 29.4 Å². The molecule has 1 amide bonds. The summed E-state index contributed by atoms with van der Waals surface area (Å²) >= 11 is 8.81.